The number of rotatable bonds is 8. The summed E-state index contributed by atoms with van der Waals surface area (Å²) in [6, 6.07) is 9.04. The molecule has 4 nitrogen and oxygen atoms in total. The molecule has 1 aliphatic rings. The smallest absolute Gasteiger partial charge is 0.430 e. The lowest BCUT2D eigenvalue weighted by Gasteiger charge is -2.45. The highest BCUT2D eigenvalue weighted by atomic mass is 32.2. The van der Waals surface area contributed by atoms with Gasteiger partial charge in [0.1, 0.15) is 17.5 Å². The molecule has 0 radical (unpaired) electrons. The summed E-state index contributed by atoms with van der Waals surface area (Å²) in [7, 11) is -2.08. The SMILES string of the molecule is O=C(O)C1CC(c2ccc(C(OCc3c(F)cccc3F)(C(F)(F)F)C(F)(F)F)cc2)(S(=O)c2ccc(F)cc2)C1. The van der Waals surface area contributed by atoms with Crippen LogP contribution in [0.4, 0.5) is 39.5 Å². The second kappa shape index (κ2) is 10.8. The molecule has 1 saturated carbocycles. The van der Waals surface area contributed by atoms with Gasteiger partial charge in [0, 0.05) is 16.0 Å². The first-order valence-corrected chi connectivity index (χ1v) is 12.9. The minimum atomic E-state index is -6.16. The molecular formula is C27H19F9O4S. The number of carbonyl (C=O) groups is 1. The average Bonchev–Trinajstić information content (AvgIpc) is 2.84. The normalized spacial score (nSPS) is 20.4. The maximum absolute atomic E-state index is 14.2. The van der Waals surface area contributed by atoms with Crippen LogP contribution >= 0.6 is 0 Å². The zero-order valence-electron chi connectivity index (χ0n) is 20.5. The molecule has 41 heavy (non-hydrogen) atoms. The zero-order chi connectivity index (χ0) is 30.4. The van der Waals surface area contributed by atoms with Crippen LogP contribution in [0.5, 0.6) is 0 Å². The van der Waals surface area contributed by atoms with Gasteiger partial charge in [-0.3, -0.25) is 9.00 Å². The van der Waals surface area contributed by atoms with Crippen LogP contribution in [0.2, 0.25) is 0 Å². The molecular weight excluding hydrogens is 591 g/mol. The largest absolute Gasteiger partial charge is 0.481 e. The first-order valence-electron chi connectivity index (χ1n) is 11.7. The molecule has 0 saturated heterocycles. The predicted octanol–water partition coefficient (Wildman–Crippen LogP) is 7.14. The molecule has 0 aromatic heterocycles. The number of hydrogen-bond acceptors (Lipinski definition) is 3. The van der Waals surface area contributed by atoms with Gasteiger partial charge in [0.2, 0.25) is 0 Å². The van der Waals surface area contributed by atoms with Crippen molar-refractivity contribution in [3.05, 3.63) is 101 Å². The van der Waals surface area contributed by atoms with E-state index in [9.17, 15) is 53.6 Å². The summed E-state index contributed by atoms with van der Waals surface area (Å²) < 4.78 is 143. The highest BCUT2D eigenvalue weighted by Gasteiger charge is 2.73. The van der Waals surface area contributed by atoms with E-state index in [1.165, 1.54) is 12.1 Å². The Labute approximate surface area is 229 Å². The maximum atomic E-state index is 14.2. The van der Waals surface area contributed by atoms with Crippen LogP contribution in [0.3, 0.4) is 0 Å². The van der Waals surface area contributed by atoms with E-state index in [1.54, 1.807) is 0 Å². The van der Waals surface area contributed by atoms with Gasteiger partial charge in [-0.1, -0.05) is 30.3 Å². The number of alkyl halides is 6. The molecule has 14 heteroatoms. The standard InChI is InChI=1S/C27H19F9O4S/c28-18-8-10-19(11-9-18)41(39)24(12-15(13-24)23(37)38)16-4-6-17(7-5-16)25(26(31,32)33,27(34,35)36)40-14-20-21(29)2-1-3-22(20)30/h1-11,15H,12-14H2,(H,37,38). The molecule has 0 heterocycles. The first kappa shape index (κ1) is 30.6. The van der Waals surface area contributed by atoms with Crippen LogP contribution in [0, 0.1) is 23.4 Å². The summed E-state index contributed by atoms with van der Waals surface area (Å²) in [5, 5.41) is 9.35. The van der Waals surface area contributed by atoms with Crippen molar-refractivity contribution in [2.75, 3.05) is 0 Å². The molecule has 1 fully saturated rings. The maximum Gasteiger partial charge on any atom is 0.430 e. The molecule has 0 spiro atoms. The van der Waals surface area contributed by atoms with Gasteiger partial charge in [0.25, 0.3) is 5.60 Å². The monoisotopic (exact) mass is 610 g/mol. The van der Waals surface area contributed by atoms with Crippen molar-refractivity contribution in [1.82, 2.24) is 0 Å². The van der Waals surface area contributed by atoms with Crippen LogP contribution in [0.25, 0.3) is 0 Å². The summed E-state index contributed by atoms with van der Waals surface area (Å²) >= 11 is 0. The Morgan fingerprint density at radius 1 is 0.854 bits per heavy atom. The molecule has 4 rings (SSSR count). The van der Waals surface area contributed by atoms with Crippen molar-refractivity contribution in [2.24, 2.45) is 5.92 Å². The van der Waals surface area contributed by atoms with E-state index in [-0.39, 0.29) is 23.3 Å². The molecule has 1 N–H and O–H groups in total. The summed E-state index contributed by atoms with van der Waals surface area (Å²) in [5.74, 6) is -5.73. The molecule has 3 aromatic carbocycles. The molecule has 220 valence electrons. The summed E-state index contributed by atoms with van der Waals surface area (Å²) in [4.78, 5) is 11.5. The lowest BCUT2D eigenvalue weighted by molar-refractivity contribution is -0.392. The Bertz CT molecular complexity index is 1410. The third-order valence-electron chi connectivity index (χ3n) is 6.99. The van der Waals surface area contributed by atoms with Gasteiger partial charge in [-0.25, -0.2) is 13.2 Å². The highest BCUT2D eigenvalue weighted by Crippen LogP contribution is 2.55. The van der Waals surface area contributed by atoms with Crippen LogP contribution in [0.1, 0.15) is 29.5 Å². The molecule has 3 aromatic rings. The Morgan fingerprint density at radius 2 is 1.37 bits per heavy atom. The van der Waals surface area contributed by atoms with Gasteiger partial charge in [-0.05, 0) is 54.8 Å². The Kier molecular flexibility index (Phi) is 8.04. The van der Waals surface area contributed by atoms with Crippen LogP contribution in [0.15, 0.2) is 71.6 Å². The van der Waals surface area contributed by atoms with E-state index in [4.69, 9.17) is 0 Å². The fourth-order valence-corrected chi connectivity index (χ4v) is 6.67. The van der Waals surface area contributed by atoms with E-state index in [1.807, 2.05) is 0 Å². The van der Waals surface area contributed by atoms with Crippen molar-refractivity contribution < 1.29 is 58.4 Å². The predicted molar refractivity (Wildman–Crippen MR) is 126 cm³/mol. The number of halogens is 9. The van der Waals surface area contributed by atoms with Gasteiger partial charge in [-0.2, -0.15) is 26.3 Å². The molecule has 1 aliphatic carbocycles. The van der Waals surface area contributed by atoms with Gasteiger partial charge >= 0.3 is 18.3 Å². The molecule has 1 unspecified atom stereocenters. The van der Waals surface area contributed by atoms with Gasteiger partial charge < -0.3 is 9.84 Å². The second-order valence-electron chi connectivity index (χ2n) is 9.40. The van der Waals surface area contributed by atoms with E-state index in [2.05, 4.69) is 4.74 Å². The molecule has 0 bridgehead atoms. The number of ether oxygens (including phenoxy) is 1. The fraction of sp³-hybridized carbons (Fsp3) is 0.296. The van der Waals surface area contributed by atoms with Gasteiger partial charge in [0.15, 0.2) is 0 Å². The second-order valence-corrected chi connectivity index (χ2v) is 11.2. The Morgan fingerprint density at radius 3 is 1.83 bits per heavy atom. The number of carboxylic acid groups (broad SMARTS) is 1. The number of aliphatic carboxylic acids is 1. The zero-order valence-corrected chi connectivity index (χ0v) is 21.3. The van der Waals surface area contributed by atoms with E-state index in [0.717, 1.165) is 30.3 Å². The van der Waals surface area contributed by atoms with E-state index >= 15 is 0 Å². The molecule has 0 aliphatic heterocycles. The van der Waals surface area contributed by atoms with Crippen LogP contribution < -0.4 is 0 Å². The highest BCUT2D eigenvalue weighted by molar-refractivity contribution is 7.86. The molecule has 0 amide bonds. The fourth-order valence-electron chi connectivity index (χ4n) is 4.78. The minimum Gasteiger partial charge on any atom is -0.481 e. The van der Waals surface area contributed by atoms with Crippen molar-refractivity contribution in [2.45, 2.75) is 47.0 Å². The van der Waals surface area contributed by atoms with Crippen molar-refractivity contribution >= 4 is 16.8 Å². The lowest BCUT2D eigenvalue weighted by Crippen LogP contribution is -2.56. The quantitative estimate of drug-likeness (QED) is 0.276. The molecule has 1 atom stereocenters. The number of carboxylic acids is 1. The van der Waals surface area contributed by atoms with Crippen LogP contribution in [-0.4, -0.2) is 27.6 Å². The Balaban J connectivity index is 1.78. The lowest BCUT2D eigenvalue weighted by atomic mass is 9.70. The topological polar surface area (TPSA) is 63.6 Å². The van der Waals surface area contributed by atoms with Crippen molar-refractivity contribution in [1.29, 1.82) is 0 Å². The summed E-state index contributed by atoms with van der Waals surface area (Å²) in [6.07, 6.45) is -12.8. The average molecular weight is 610 g/mol. The number of hydrogen-bond donors (Lipinski definition) is 1. The summed E-state index contributed by atoms with van der Waals surface area (Å²) in [5.41, 5.74) is -7.67. The van der Waals surface area contributed by atoms with Gasteiger partial charge in [0.05, 0.1) is 28.1 Å². The summed E-state index contributed by atoms with van der Waals surface area (Å²) in [6.45, 7) is -1.72. The van der Waals surface area contributed by atoms with Crippen LogP contribution in [-0.2, 0) is 37.3 Å². The Hall–Kier alpha value is -3.39. The third kappa shape index (κ3) is 5.34. The minimum absolute atomic E-state index is 0.0280. The van der Waals surface area contributed by atoms with E-state index < -0.39 is 80.6 Å². The van der Waals surface area contributed by atoms with Crippen molar-refractivity contribution in [3.63, 3.8) is 0 Å². The van der Waals surface area contributed by atoms with Crippen molar-refractivity contribution in [3.8, 4) is 0 Å². The van der Waals surface area contributed by atoms with E-state index in [0.29, 0.717) is 24.3 Å². The first-order chi connectivity index (χ1) is 19.0. The number of benzene rings is 3. The van der Waals surface area contributed by atoms with Gasteiger partial charge in [-0.15, -0.1) is 0 Å². The third-order valence-corrected chi connectivity index (χ3v) is 8.97.